The van der Waals surface area contributed by atoms with E-state index in [0.717, 1.165) is 6.54 Å². The molecule has 0 spiro atoms. The van der Waals surface area contributed by atoms with Gasteiger partial charge in [0, 0.05) is 18.0 Å². The molecule has 1 aromatic rings. The van der Waals surface area contributed by atoms with Crippen LogP contribution in [0.15, 0.2) is 24.3 Å². The van der Waals surface area contributed by atoms with E-state index in [-0.39, 0.29) is 0 Å². The summed E-state index contributed by atoms with van der Waals surface area (Å²) in [6.45, 7) is 7.71. The summed E-state index contributed by atoms with van der Waals surface area (Å²) >= 11 is 1.98. The molecule has 0 fully saturated rings. The molecule has 15 heavy (non-hydrogen) atoms. The first kappa shape index (κ1) is 12.4. The highest BCUT2D eigenvalue weighted by atomic mass is 32.2. The van der Waals surface area contributed by atoms with Crippen LogP contribution < -0.4 is 5.32 Å². The Balaban J connectivity index is 2.43. The van der Waals surface area contributed by atoms with Gasteiger partial charge in [-0.3, -0.25) is 0 Å². The summed E-state index contributed by atoms with van der Waals surface area (Å²) in [5, 5.41) is 3.45. The topological polar surface area (TPSA) is 12.0 Å². The fourth-order valence-corrected chi connectivity index (χ4v) is 1.95. The Hall–Kier alpha value is -0.630. The molecule has 0 aliphatic heterocycles. The van der Waals surface area contributed by atoms with Crippen LogP contribution in [0.1, 0.15) is 32.3 Å². The lowest BCUT2D eigenvalue weighted by atomic mass is 10.0. The largest absolute Gasteiger partial charge is 0.384 e. The highest BCUT2D eigenvalue weighted by Crippen LogP contribution is 2.18. The van der Waals surface area contributed by atoms with Crippen molar-refractivity contribution in [3.8, 4) is 0 Å². The molecule has 0 aliphatic carbocycles. The van der Waals surface area contributed by atoms with Crippen molar-refractivity contribution in [3.05, 3.63) is 29.8 Å². The molecule has 0 heterocycles. The Kier molecular flexibility index (Phi) is 5.62. The van der Waals surface area contributed by atoms with Gasteiger partial charge in [-0.2, -0.15) is 11.8 Å². The van der Waals surface area contributed by atoms with Crippen LogP contribution in [0.3, 0.4) is 0 Å². The molecule has 1 nitrogen and oxygen atoms in total. The molecule has 0 amide bonds. The van der Waals surface area contributed by atoms with Crippen LogP contribution in [0, 0.1) is 0 Å². The van der Waals surface area contributed by atoms with Crippen LogP contribution in [0.25, 0.3) is 0 Å². The smallest absolute Gasteiger partial charge is 0.0343 e. The van der Waals surface area contributed by atoms with Crippen molar-refractivity contribution >= 4 is 17.4 Å². The third-order valence-corrected chi connectivity index (χ3v) is 3.23. The molecular formula is C13H21NS. The van der Waals surface area contributed by atoms with Crippen LogP contribution in [-0.2, 0) is 0 Å². The fraction of sp³-hybridized carbons (Fsp3) is 0.538. The predicted molar refractivity (Wildman–Crippen MR) is 72.0 cm³/mol. The van der Waals surface area contributed by atoms with Crippen molar-refractivity contribution in [3.63, 3.8) is 0 Å². The maximum absolute atomic E-state index is 3.45. The summed E-state index contributed by atoms with van der Waals surface area (Å²) in [7, 11) is 0. The number of anilines is 1. The van der Waals surface area contributed by atoms with Gasteiger partial charge in [-0.25, -0.2) is 0 Å². The molecular weight excluding hydrogens is 202 g/mol. The molecule has 0 aliphatic rings. The molecule has 0 aromatic heterocycles. The SMILES string of the molecule is CCSCCNc1cccc(C(C)C)c1. The second kappa shape index (κ2) is 6.78. The van der Waals surface area contributed by atoms with Crippen molar-refractivity contribution in [2.75, 3.05) is 23.4 Å². The standard InChI is InChI=1S/C13H21NS/c1-4-15-9-8-14-13-7-5-6-12(10-13)11(2)3/h5-7,10-11,14H,4,8-9H2,1-3H3. The van der Waals surface area contributed by atoms with Gasteiger partial charge in [0.25, 0.3) is 0 Å². The molecule has 0 saturated carbocycles. The van der Waals surface area contributed by atoms with E-state index in [1.807, 2.05) is 11.8 Å². The minimum atomic E-state index is 0.608. The number of hydrogen-bond donors (Lipinski definition) is 1. The quantitative estimate of drug-likeness (QED) is 0.732. The first-order valence-corrected chi connectivity index (χ1v) is 6.81. The van der Waals surface area contributed by atoms with Crippen molar-refractivity contribution < 1.29 is 0 Å². The molecule has 0 bridgehead atoms. The van der Waals surface area contributed by atoms with Gasteiger partial charge in [0.15, 0.2) is 0 Å². The summed E-state index contributed by atoms with van der Waals surface area (Å²) < 4.78 is 0. The Bertz CT molecular complexity index is 284. The zero-order valence-corrected chi connectivity index (χ0v) is 10.7. The Morgan fingerprint density at radius 1 is 1.33 bits per heavy atom. The van der Waals surface area contributed by atoms with Crippen LogP contribution in [0.5, 0.6) is 0 Å². The molecule has 84 valence electrons. The van der Waals surface area contributed by atoms with E-state index in [1.54, 1.807) is 0 Å². The predicted octanol–water partition coefficient (Wildman–Crippen LogP) is 3.98. The van der Waals surface area contributed by atoms with Crippen LogP contribution >= 0.6 is 11.8 Å². The molecule has 1 aromatic carbocycles. The van der Waals surface area contributed by atoms with E-state index in [9.17, 15) is 0 Å². The first-order chi connectivity index (χ1) is 7.24. The second-order valence-corrected chi connectivity index (χ2v) is 5.30. The van der Waals surface area contributed by atoms with Gasteiger partial charge in [-0.05, 0) is 29.4 Å². The Morgan fingerprint density at radius 3 is 2.80 bits per heavy atom. The van der Waals surface area contributed by atoms with E-state index in [1.165, 1.54) is 22.8 Å². The summed E-state index contributed by atoms with van der Waals surface area (Å²) in [5.41, 5.74) is 2.65. The highest BCUT2D eigenvalue weighted by Gasteiger charge is 1.99. The minimum absolute atomic E-state index is 0.608. The van der Waals surface area contributed by atoms with Gasteiger partial charge in [-0.1, -0.05) is 32.9 Å². The van der Waals surface area contributed by atoms with Crippen LogP contribution in [0.2, 0.25) is 0 Å². The lowest BCUT2D eigenvalue weighted by molar-refractivity contribution is 0.867. The van der Waals surface area contributed by atoms with Crippen molar-refractivity contribution in [2.24, 2.45) is 0 Å². The molecule has 0 unspecified atom stereocenters. The van der Waals surface area contributed by atoms with E-state index in [0.29, 0.717) is 5.92 Å². The zero-order chi connectivity index (χ0) is 11.1. The molecule has 0 saturated heterocycles. The highest BCUT2D eigenvalue weighted by molar-refractivity contribution is 7.99. The van der Waals surface area contributed by atoms with Gasteiger partial charge >= 0.3 is 0 Å². The van der Waals surface area contributed by atoms with Crippen LogP contribution in [0.4, 0.5) is 5.69 Å². The number of nitrogens with one attached hydrogen (secondary N) is 1. The fourth-order valence-electron chi connectivity index (χ4n) is 1.42. The van der Waals surface area contributed by atoms with Gasteiger partial charge in [0.2, 0.25) is 0 Å². The van der Waals surface area contributed by atoms with E-state index in [2.05, 4.69) is 50.4 Å². The van der Waals surface area contributed by atoms with Gasteiger partial charge in [-0.15, -0.1) is 0 Å². The Labute approximate surface area is 97.7 Å². The number of hydrogen-bond acceptors (Lipinski definition) is 2. The number of benzene rings is 1. The van der Waals surface area contributed by atoms with Gasteiger partial charge in [0.05, 0.1) is 0 Å². The average molecular weight is 223 g/mol. The molecule has 1 N–H and O–H groups in total. The van der Waals surface area contributed by atoms with E-state index in [4.69, 9.17) is 0 Å². The summed E-state index contributed by atoms with van der Waals surface area (Å²) in [6, 6.07) is 8.71. The monoisotopic (exact) mass is 223 g/mol. The summed E-state index contributed by atoms with van der Waals surface area (Å²) in [5.74, 6) is 2.99. The lowest BCUT2D eigenvalue weighted by Gasteiger charge is -2.09. The van der Waals surface area contributed by atoms with Crippen LogP contribution in [-0.4, -0.2) is 18.1 Å². The maximum Gasteiger partial charge on any atom is 0.0343 e. The van der Waals surface area contributed by atoms with Gasteiger partial charge < -0.3 is 5.32 Å². The third-order valence-electron chi connectivity index (χ3n) is 2.33. The molecule has 2 heteroatoms. The van der Waals surface area contributed by atoms with E-state index < -0.39 is 0 Å². The lowest BCUT2D eigenvalue weighted by Crippen LogP contribution is -2.04. The summed E-state index contributed by atoms with van der Waals surface area (Å²) in [4.78, 5) is 0. The van der Waals surface area contributed by atoms with Crippen molar-refractivity contribution in [1.29, 1.82) is 0 Å². The first-order valence-electron chi connectivity index (χ1n) is 5.65. The molecule has 1 rings (SSSR count). The maximum atomic E-state index is 3.45. The van der Waals surface area contributed by atoms with Crippen molar-refractivity contribution in [1.82, 2.24) is 0 Å². The van der Waals surface area contributed by atoms with E-state index >= 15 is 0 Å². The molecule has 0 atom stereocenters. The minimum Gasteiger partial charge on any atom is -0.384 e. The van der Waals surface area contributed by atoms with Crippen molar-refractivity contribution in [2.45, 2.75) is 26.7 Å². The molecule has 0 radical (unpaired) electrons. The Morgan fingerprint density at radius 2 is 2.13 bits per heavy atom. The number of thioether (sulfide) groups is 1. The second-order valence-electron chi connectivity index (χ2n) is 3.90. The number of rotatable bonds is 6. The van der Waals surface area contributed by atoms with Gasteiger partial charge in [0.1, 0.15) is 0 Å². The summed E-state index contributed by atoms with van der Waals surface area (Å²) in [6.07, 6.45) is 0. The average Bonchev–Trinajstić information content (AvgIpc) is 2.25. The normalized spacial score (nSPS) is 10.7. The third kappa shape index (κ3) is 4.61. The zero-order valence-electron chi connectivity index (χ0n) is 9.92.